The Morgan fingerprint density at radius 2 is 1.24 bits per heavy atom. The average Bonchev–Trinajstić information content (AvgIpc) is 3.03. The number of phenols is 2. The number of phenolic OH excluding ortho intramolecular Hbond substituents is 2. The smallest absolute Gasteiger partial charge is 0.255 e. The van der Waals surface area contributed by atoms with Crippen molar-refractivity contribution in [1.29, 1.82) is 0 Å². The Kier molecular flexibility index (Phi) is 14.7. The van der Waals surface area contributed by atoms with Crippen molar-refractivity contribution in [1.82, 2.24) is 25.8 Å². The summed E-state index contributed by atoms with van der Waals surface area (Å²) >= 11 is 0. The number of aliphatic hydroxyl groups is 4. The molecule has 2 amide bonds. The number of aryl methyl sites for hydroxylation is 2. The number of amides is 2. The van der Waals surface area contributed by atoms with E-state index in [0.29, 0.717) is 37.3 Å². The van der Waals surface area contributed by atoms with E-state index in [-0.39, 0.29) is 22.6 Å². The summed E-state index contributed by atoms with van der Waals surface area (Å²) in [5, 5.41) is 68.0. The third-order valence-corrected chi connectivity index (χ3v) is 7.78. The summed E-state index contributed by atoms with van der Waals surface area (Å²) in [6.45, 7) is 6.22. The maximum atomic E-state index is 12.8. The number of nitrogens with one attached hydrogen (secondary N) is 3. The number of carbonyl (C=O) groups excluding carboxylic acids is 2. The topological polar surface area (TPSA) is 198 Å². The summed E-state index contributed by atoms with van der Waals surface area (Å²) in [6.07, 6.45) is 5.71. The molecule has 9 N–H and O–H groups in total. The van der Waals surface area contributed by atoms with Crippen molar-refractivity contribution in [2.45, 2.75) is 51.9 Å². The molecule has 13 heteroatoms. The summed E-state index contributed by atoms with van der Waals surface area (Å²) < 4.78 is 0. The molecule has 0 unspecified atom stereocenters. The van der Waals surface area contributed by atoms with Gasteiger partial charge in [-0.2, -0.15) is 0 Å². The predicted octanol–water partition coefficient (Wildman–Crippen LogP) is 0.0819. The van der Waals surface area contributed by atoms with Crippen LogP contribution in [0.4, 0.5) is 0 Å². The standard InChI is InChI=1S/C33H49N5O8/c1-22-12-24(30(43)28(14-22)32(45)35-26(18-39)19-40)16-37-8-3-6-34-7-4-9-38(11-5-10-37)17-25-13-23(2)15-29(31(25)44)33(46)36-27(20-41)21-42/h5,10,12-15,26-27,34,39-44H,3-4,6-9,11,16-21H2,1-2H3,(H,35,45)(H,36,46)/b10-5-. The highest BCUT2D eigenvalue weighted by atomic mass is 16.3. The first kappa shape index (κ1) is 36.7. The van der Waals surface area contributed by atoms with Crippen molar-refractivity contribution in [3.8, 4) is 11.5 Å². The van der Waals surface area contributed by atoms with Crippen LogP contribution in [-0.2, 0) is 13.1 Å². The zero-order chi connectivity index (χ0) is 33.6. The van der Waals surface area contributed by atoms with Gasteiger partial charge in [-0.3, -0.25) is 14.5 Å². The lowest BCUT2D eigenvalue weighted by atomic mass is 10.0. The molecule has 0 aliphatic carbocycles. The second-order valence-corrected chi connectivity index (χ2v) is 11.8. The molecule has 1 aliphatic rings. The predicted molar refractivity (Wildman–Crippen MR) is 173 cm³/mol. The minimum Gasteiger partial charge on any atom is -0.507 e. The number of benzene rings is 2. The van der Waals surface area contributed by atoms with Gasteiger partial charge in [-0.1, -0.05) is 18.2 Å². The molecule has 46 heavy (non-hydrogen) atoms. The van der Waals surface area contributed by atoms with Gasteiger partial charge in [-0.15, -0.1) is 0 Å². The Morgan fingerprint density at radius 3 is 1.74 bits per heavy atom. The summed E-state index contributed by atoms with van der Waals surface area (Å²) in [5.74, 6) is -1.46. The zero-order valence-corrected chi connectivity index (χ0v) is 26.7. The van der Waals surface area contributed by atoms with Gasteiger partial charge in [0.15, 0.2) is 0 Å². The molecule has 0 saturated carbocycles. The number of hydrogen-bond acceptors (Lipinski definition) is 11. The highest BCUT2D eigenvalue weighted by Crippen LogP contribution is 2.28. The van der Waals surface area contributed by atoms with Gasteiger partial charge in [-0.05, 0) is 69.2 Å². The van der Waals surface area contributed by atoms with E-state index in [2.05, 4.69) is 25.8 Å². The third-order valence-electron chi connectivity index (χ3n) is 7.78. The lowest BCUT2D eigenvalue weighted by molar-refractivity contribution is 0.0870. The normalized spacial score (nSPS) is 15.8. The monoisotopic (exact) mass is 643 g/mol. The van der Waals surface area contributed by atoms with Crippen molar-refractivity contribution < 1.29 is 40.2 Å². The number of carbonyl (C=O) groups is 2. The molecular weight excluding hydrogens is 594 g/mol. The van der Waals surface area contributed by atoms with Gasteiger partial charge in [0.25, 0.3) is 11.8 Å². The Balaban J connectivity index is 1.80. The van der Waals surface area contributed by atoms with Crippen LogP contribution < -0.4 is 16.0 Å². The van der Waals surface area contributed by atoms with Crippen LogP contribution in [0.1, 0.15) is 55.8 Å². The minimum absolute atomic E-state index is 0.0716. The van der Waals surface area contributed by atoms with Crippen LogP contribution in [0.15, 0.2) is 36.5 Å². The first-order valence-corrected chi connectivity index (χ1v) is 15.6. The fourth-order valence-corrected chi connectivity index (χ4v) is 5.33. The highest BCUT2D eigenvalue weighted by molar-refractivity contribution is 5.98. The van der Waals surface area contributed by atoms with Crippen molar-refractivity contribution in [2.75, 3.05) is 59.2 Å². The second-order valence-electron chi connectivity index (χ2n) is 11.8. The Labute approximate surface area is 270 Å². The number of aliphatic hydroxyl groups excluding tert-OH is 4. The van der Waals surface area contributed by atoms with E-state index < -0.39 is 50.3 Å². The maximum absolute atomic E-state index is 12.8. The number of hydrogen-bond donors (Lipinski definition) is 9. The van der Waals surface area contributed by atoms with Gasteiger partial charge in [0.2, 0.25) is 0 Å². The Hall–Kier alpha value is -3.72. The Morgan fingerprint density at radius 1 is 0.761 bits per heavy atom. The first-order valence-electron chi connectivity index (χ1n) is 15.6. The molecule has 0 bridgehead atoms. The molecule has 0 spiro atoms. The third kappa shape index (κ3) is 10.7. The van der Waals surface area contributed by atoms with E-state index >= 15 is 0 Å². The molecule has 1 aliphatic heterocycles. The molecule has 2 aromatic carbocycles. The quantitative estimate of drug-likeness (QED) is 0.152. The van der Waals surface area contributed by atoms with E-state index in [9.17, 15) is 40.2 Å². The lowest BCUT2D eigenvalue weighted by Gasteiger charge is -2.26. The van der Waals surface area contributed by atoms with Crippen molar-refractivity contribution >= 4 is 11.8 Å². The molecule has 254 valence electrons. The van der Waals surface area contributed by atoms with Crippen molar-refractivity contribution in [3.05, 3.63) is 69.9 Å². The van der Waals surface area contributed by atoms with Gasteiger partial charge in [0.05, 0.1) is 49.6 Å². The van der Waals surface area contributed by atoms with Crippen molar-refractivity contribution in [3.63, 3.8) is 0 Å². The van der Waals surface area contributed by atoms with Crippen LogP contribution in [0.25, 0.3) is 0 Å². The highest BCUT2D eigenvalue weighted by Gasteiger charge is 2.21. The van der Waals surface area contributed by atoms with E-state index in [4.69, 9.17) is 0 Å². The van der Waals surface area contributed by atoms with Gasteiger partial charge < -0.3 is 51.5 Å². The maximum Gasteiger partial charge on any atom is 0.255 e. The van der Waals surface area contributed by atoms with Crippen LogP contribution in [0, 0.1) is 13.8 Å². The molecule has 1 heterocycles. The van der Waals surface area contributed by atoms with Gasteiger partial charge in [0.1, 0.15) is 11.5 Å². The molecule has 13 nitrogen and oxygen atoms in total. The van der Waals surface area contributed by atoms with E-state index in [1.54, 1.807) is 12.1 Å². The van der Waals surface area contributed by atoms with Gasteiger partial charge >= 0.3 is 0 Å². The first-order chi connectivity index (χ1) is 22.1. The number of rotatable bonds is 12. The van der Waals surface area contributed by atoms with E-state index in [0.717, 1.165) is 43.6 Å². The van der Waals surface area contributed by atoms with E-state index in [1.165, 1.54) is 0 Å². The molecule has 0 atom stereocenters. The molecule has 0 fully saturated rings. The van der Waals surface area contributed by atoms with Crippen LogP contribution in [0.3, 0.4) is 0 Å². The molecule has 3 rings (SSSR count). The largest absolute Gasteiger partial charge is 0.507 e. The fraction of sp³-hybridized carbons (Fsp3) is 0.515. The SMILES string of the molecule is Cc1cc(CN2/C=C\CN(Cc3cc(C)cc(C(=O)NC(CO)CO)c3O)CCCNCCC2)c(O)c(C(=O)NC(CO)CO)c1. The summed E-state index contributed by atoms with van der Waals surface area (Å²) in [5.41, 5.74) is 2.87. The molecular formula is C33H49N5O8. The van der Waals surface area contributed by atoms with Gasteiger partial charge in [0, 0.05) is 43.9 Å². The van der Waals surface area contributed by atoms with E-state index in [1.807, 2.05) is 38.3 Å². The second kappa shape index (κ2) is 18.4. The minimum atomic E-state index is -0.834. The van der Waals surface area contributed by atoms with Crippen LogP contribution in [0.5, 0.6) is 11.5 Å². The van der Waals surface area contributed by atoms with Crippen molar-refractivity contribution in [2.24, 2.45) is 0 Å². The summed E-state index contributed by atoms with van der Waals surface area (Å²) in [7, 11) is 0. The lowest BCUT2D eigenvalue weighted by Crippen LogP contribution is -2.40. The van der Waals surface area contributed by atoms with Gasteiger partial charge in [-0.25, -0.2) is 0 Å². The zero-order valence-electron chi connectivity index (χ0n) is 26.7. The summed E-state index contributed by atoms with van der Waals surface area (Å²) in [4.78, 5) is 29.9. The number of nitrogens with zero attached hydrogens (tertiary/aromatic N) is 2. The van der Waals surface area contributed by atoms with Crippen LogP contribution in [-0.4, -0.2) is 123 Å². The molecule has 0 aromatic heterocycles. The van der Waals surface area contributed by atoms with Crippen LogP contribution in [0.2, 0.25) is 0 Å². The van der Waals surface area contributed by atoms with Crippen LogP contribution >= 0.6 is 0 Å². The molecule has 0 saturated heterocycles. The molecule has 0 radical (unpaired) electrons. The fourth-order valence-electron chi connectivity index (χ4n) is 5.33. The number of aromatic hydroxyl groups is 2. The summed E-state index contributed by atoms with van der Waals surface area (Å²) in [6, 6.07) is 5.14. The molecule has 2 aromatic rings. The Bertz CT molecular complexity index is 1330. The average molecular weight is 644 g/mol.